The molecule has 1 amide bonds. The van der Waals surface area contributed by atoms with Gasteiger partial charge in [0, 0.05) is 25.2 Å². The van der Waals surface area contributed by atoms with Crippen molar-refractivity contribution in [1.82, 2.24) is 9.55 Å². The van der Waals surface area contributed by atoms with Gasteiger partial charge >= 0.3 is 5.69 Å². The molecule has 158 valence electrons. The number of nitrogens with one attached hydrogen (secondary N) is 1. The Morgan fingerprint density at radius 3 is 2.69 bits per heavy atom. The Kier molecular flexibility index (Phi) is 7.86. The number of ether oxygens (including phenoxy) is 2. The molecule has 3 N–H and O–H groups in total. The van der Waals surface area contributed by atoms with Crippen LogP contribution in [0.1, 0.15) is 18.9 Å². The van der Waals surface area contributed by atoms with Gasteiger partial charge < -0.3 is 15.2 Å². The summed E-state index contributed by atoms with van der Waals surface area (Å²) in [5.41, 5.74) is 5.38. The van der Waals surface area contributed by atoms with Crippen LogP contribution in [-0.2, 0) is 16.1 Å². The number of carbonyl (C=O) groups excluding carboxylic acids is 1. The summed E-state index contributed by atoms with van der Waals surface area (Å²) in [6.45, 7) is 3.87. The number of nitrogens with two attached hydrogens (primary N) is 1. The lowest BCUT2D eigenvalue weighted by Gasteiger charge is -2.24. The van der Waals surface area contributed by atoms with E-state index < -0.39 is 17.2 Å². The Bertz CT molecular complexity index is 986. The average molecular weight is 425 g/mol. The second-order valence-corrected chi connectivity index (χ2v) is 6.82. The highest BCUT2D eigenvalue weighted by atomic mass is 35.5. The number of rotatable bonds is 9. The molecule has 0 spiro atoms. The smallest absolute Gasteiger partial charge is 0.330 e. The van der Waals surface area contributed by atoms with E-state index in [-0.39, 0.29) is 31.3 Å². The fraction of sp³-hybridized carbons (Fsp3) is 0.421. The standard InChI is InChI=1S/C19H25ClN4O5/c1-4-7-24-17(21)16(18(26)22-19(24)27)23(8-9-28-3)15(25)11-29-14-6-5-13(20)10-12(14)2/h5-6,10H,4,7-9,11,21H2,1-3H3,(H,22,26,27). The van der Waals surface area contributed by atoms with Gasteiger partial charge in [-0.2, -0.15) is 0 Å². The molecule has 0 radical (unpaired) electrons. The minimum atomic E-state index is -0.744. The first-order valence-electron chi connectivity index (χ1n) is 9.11. The summed E-state index contributed by atoms with van der Waals surface area (Å²) in [6, 6.07) is 5.03. The molecule has 0 unspecified atom stereocenters. The maximum Gasteiger partial charge on any atom is 0.330 e. The Morgan fingerprint density at radius 2 is 2.07 bits per heavy atom. The molecule has 10 heteroatoms. The average Bonchev–Trinajstić information content (AvgIpc) is 2.66. The van der Waals surface area contributed by atoms with E-state index in [0.29, 0.717) is 23.7 Å². The minimum absolute atomic E-state index is 0.0654. The van der Waals surface area contributed by atoms with Crippen LogP contribution in [-0.4, -0.2) is 42.3 Å². The predicted octanol–water partition coefficient (Wildman–Crippen LogP) is 1.55. The molecule has 1 aromatic carbocycles. The van der Waals surface area contributed by atoms with Crippen LogP contribution in [0, 0.1) is 6.92 Å². The van der Waals surface area contributed by atoms with Crippen molar-refractivity contribution in [3.8, 4) is 5.75 Å². The quantitative estimate of drug-likeness (QED) is 0.630. The van der Waals surface area contributed by atoms with Crippen molar-refractivity contribution in [2.24, 2.45) is 0 Å². The van der Waals surface area contributed by atoms with Crippen molar-refractivity contribution in [3.63, 3.8) is 0 Å². The molecule has 0 bridgehead atoms. The first-order valence-corrected chi connectivity index (χ1v) is 9.48. The largest absolute Gasteiger partial charge is 0.483 e. The van der Waals surface area contributed by atoms with Gasteiger partial charge in [0.15, 0.2) is 12.3 Å². The molecule has 0 atom stereocenters. The molecular weight excluding hydrogens is 400 g/mol. The molecule has 1 aromatic heterocycles. The number of carbonyl (C=O) groups is 1. The maximum atomic E-state index is 12.9. The van der Waals surface area contributed by atoms with E-state index in [1.54, 1.807) is 25.1 Å². The molecule has 0 aliphatic heterocycles. The molecule has 2 rings (SSSR count). The SMILES string of the molecule is CCCn1c(N)c(N(CCOC)C(=O)COc2ccc(Cl)cc2C)c(=O)[nH]c1=O. The number of amides is 1. The number of benzene rings is 1. The normalized spacial score (nSPS) is 10.8. The highest BCUT2D eigenvalue weighted by molar-refractivity contribution is 6.30. The first kappa shape index (κ1) is 22.5. The van der Waals surface area contributed by atoms with Crippen LogP contribution in [0.15, 0.2) is 27.8 Å². The van der Waals surface area contributed by atoms with E-state index in [4.69, 9.17) is 26.8 Å². The van der Waals surface area contributed by atoms with Crippen molar-refractivity contribution in [1.29, 1.82) is 0 Å². The molecule has 2 aromatic rings. The van der Waals surface area contributed by atoms with Gasteiger partial charge in [-0.05, 0) is 37.1 Å². The molecular formula is C19H25ClN4O5. The molecule has 9 nitrogen and oxygen atoms in total. The molecule has 0 saturated heterocycles. The Balaban J connectivity index is 2.36. The van der Waals surface area contributed by atoms with Crippen LogP contribution < -0.4 is 26.6 Å². The van der Waals surface area contributed by atoms with Crippen molar-refractivity contribution in [3.05, 3.63) is 49.6 Å². The number of hydrogen-bond acceptors (Lipinski definition) is 6. The van der Waals surface area contributed by atoms with Gasteiger partial charge in [-0.25, -0.2) is 4.79 Å². The lowest BCUT2D eigenvalue weighted by molar-refractivity contribution is -0.120. The summed E-state index contributed by atoms with van der Waals surface area (Å²) in [5.74, 6) is -0.0877. The van der Waals surface area contributed by atoms with Crippen LogP contribution >= 0.6 is 11.6 Å². The van der Waals surface area contributed by atoms with Crippen LogP contribution in [0.4, 0.5) is 11.5 Å². The lowest BCUT2D eigenvalue weighted by atomic mass is 10.2. The molecule has 0 saturated carbocycles. The minimum Gasteiger partial charge on any atom is -0.483 e. The number of methoxy groups -OCH3 is 1. The molecule has 0 aliphatic carbocycles. The summed E-state index contributed by atoms with van der Waals surface area (Å²) in [5, 5.41) is 0.556. The predicted molar refractivity (Wildman–Crippen MR) is 112 cm³/mol. The number of nitrogen functional groups attached to an aromatic ring is 1. The topological polar surface area (TPSA) is 120 Å². The van der Waals surface area contributed by atoms with E-state index in [1.165, 1.54) is 16.6 Å². The van der Waals surface area contributed by atoms with Crippen molar-refractivity contribution in [2.75, 3.05) is 37.5 Å². The monoisotopic (exact) mass is 424 g/mol. The zero-order valence-corrected chi connectivity index (χ0v) is 17.4. The second-order valence-electron chi connectivity index (χ2n) is 6.38. The summed E-state index contributed by atoms with van der Waals surface area (Å²) < 4.78 is 11.9. The second kappa shape index (κ2) is 10.1. The number of aryl methyl sites for hydroxylation is 1. The Morgan fingerprint density at radius 1 is 1.34 bits per heavy atom. The fourth-order valence-corrected chi connectivity index (χ4v) is 3.05. The van der Waals surface area contributed by atoms with Gasteiger partial charge in [0.2, 0.25) is 0 Å². The molecule has 0 aliphatic rings. The van der Waals surface area contributed by atoms with Gasteiger partial charge in [0.05, 0.1) is 6.61 Å². The zero-order valence-electron chi connectivity index (χ0n) is 16.7. The van der Waals surface area contributed by atoms with Gasteiger partial charge in [0.25, 0.3) is 11.5 Å². The molecule has 1 heterocycles. The summed E-state index contributed by atoms with van der Waals surface area (Å²) in [7, 11) is 1.47. The third-order valence-corrected chi connectivity index (χ3v) is 4.47. The maximum absolute atomic E-state index is 12.9. The van der Waals surface area contributed by atoms with Crippen LogP contribution in [0.2, 0.25) is 5.02 Å². The highest BCUT2D eigenvalue weighted by Crippen LogP contribution is 2.22. The third kappa shape index (κ3) is 5.39. The number of aromatic amines is 1. The van der Waals surface area contributed by atoms with E-state index in [9.17, 15) is 14.4 Å². The van der Waals surface area contributed by atoms with E-state index in [1.807, 2.05) is 6.92 Å². The third-order valence-electron chi connectivity index (χ3n) is 4.24. The van der Waals surface area contributed by atoms with Crippen LogP contribution in [0.25, 0.3) is 0 Å². The zero-order chi connectivity index (χ0) is 21.6. The van der Waals surface area contributed by atoms with Crippen molar-refractivity contribution < 1.29 is 14.3 Å². The summed E-state index contributed by atoms with van der Waals surface area (Å²) in [6.07, 6.45) is 0.626. The van der Waals surface area contributed by atoms with Crippen molar-refractivity contribution >= 4 is 29.0 Å². The van der Waals surface area contributed by atoms with Gasteiger partial charge in [-0.15, -0.1) is 0 Å². The van der Waals surface area contributed by atoms with Crippen LogP contribution in [0.5, 0.6) is 5.75 Å². The fourth-order valence-electron chi connectivity index (χ4n) is 2.82. The number of nitrogens with zero attached hydrogens (tertiary/aromatic N) is 2. The van der Waals surface area contributed by atoms with Gasteiger partial charge in [-0.1, -0.05) is 18.5 Å². The molecule has 0 fully saturated rings. The van der Waals surface area contributed by atoms with E-state index in [2.05, 4.69) is 4.98 Å². The van der Waals surface area contributed by atoms with Gasteiger partial charge in [0.1, 0.15) is 11.6 Å². The van der Waals surface area contributed by atoms with E-state index in [0.717, 1.165) is 5.56 Å². The highest BCUT2D eigenvalue weighted by Gasteiger charge is 2.24. The van der Waals surface area contributed by atoms with E-state index >= 15 is 0 Å². The number of halogens is 1. The molecule has 29 heavy (non-hydrogen) atoms. The van der Waals surface area contributed by atoms with Gasteiger partial charge in [-0.3, -0.25) is 24.0 Å². The van der Waals surface area contributed by atoms with Crippen LogP contribution in [0.3, 0.4) is 0 Å². The Labute approximate surface area is 173 Å². The first-order chi connectivity index (χ1) is 13.8. The number of H-pyrrole nitrogens is 1. The number of anilines is 2. The summed E-state index contributed by atoms with van der Waals surface area (Å²) >= 11 is 5.93. The lowest BCUT2D eigenvalue weighted by Crippen LogP contribution is -2.44. The number of hydrogen-bond donors (Lipinski definition) is 2. The summed E-state index contributed by atoms with van der Waals surface area (Å²) in [4.78, 5) is 40.8. The Hall–Kier alpha value is -2.78. The van der Waals surface area contributed by atoms with Crippen molar-refractivity contribution in [2.45, 2.75) is 26.8 Å². The number of aromatic nitrogens is 2.